The normalized spacial score (nSPS) is 19.8. The van der Waals surface area contributed by atoms with Gasteiger partial charge in [-0.25, -0.2) is 4.79 Å². The molecule has 37 heavy (non-hydrogen) atoms. The van der Waals surface area contributed by atoms with Gasteiger partial charge in [-0.1, -0.05) is 18.2 Å². The van der Waals surface area contributed by atoms with Gasteiger partial charge in [0.05, 0.1) is 26.7 Å². The molecule has 0 aliphatic carbocycles. The first kappa shape index (κ1) is 23.0. The Balaban J connectivity index is 1.56. The highest BCUT2D eigenvalue weighted by Gasteiger charge is 2.58. The van der Waals surface area contributed by atoms with Gasteiger partial charge in [0.1, 0.15) is 23.4 Å². The molecule has 0 saturated carbocycles. The number of aromatic nitrogens is 1. The van der Waals surface area contributed by atoms with Crippen LogP contribution in [0.5, 0.6) is 11.5 Å². The number of esters is 1. The number of carbonyl (C=O) groups is 2. The molecule has 8 nitrogen and oxygen atoms in total. The summed E-state index contributed by atoms with van der Waals surface area (Å²) in [7, 11) is 4.59. The molecule has 2 atom stereocenters. The molecule has 1 amide bonds. The molecular formula is C29H27N3O5. The molecule has 188 valence electrons. The van der Waals surface area contributed by atoms with Crippen LogP contribution in [-0.2, 0) is 10.2 Å². The molecule has 4 aromatic rings. The highest BCUT2D eigenvalue weighted by atomic mass is 16.5. The lowest BCUT2D eigenvalue weighted by molar-refractivity contribution is 0.0592. The van der Waals surface area contributed by atoms with E-state index in [2.05, 4.69) is 16.4 Å². The zero-order valence-electron chi connectivity index (χ0n) is 20.8. The molecule has 0 radical (unpaired) electrons. The van der Waals surface area contributed by atoms with Crippen LogP contribution in [0, 0.1) is 0 Å². The SMILES string of the molecule is COC(=O)c1[nH]c2ccc(OC)cc2c1[C@]12CCN(C(=O)c3ccc(OC)cc3)[C@H]1Nc1ccccc12. The summed E-state index contributed by atoms with van der Waals surface area (Å²) in [5.41, 5.74) is 3.85. The first-order valence-electron chi connectivity index (χ1n) is 12.1. The standard InChI is InChI=1S/C29H27N3O5/c1-35-18-10-8-17(9-11-18)26(33)32-15-14-29(21-6-4-5-7-23(21)31-28(29)32)24-20-16-19(36-2)12-13-22(20)30-25(24)27(34)37-3/h4-13,16,28,30-31H,14-15H2,1-3H3/t28-,29-/m1/s1. The largest absolute Gasteiger partial charge is 0.497 e. The lowest BCUT2D eigenvalue weighted by Crippen LogP contribution is -2.47. The zero-order valence-corrected chi connectivity index (χ0v) is 20.8. The van der Waals surface area contributed by atoms with E-state index in [0.717, 1.165) is 27.7 Å². The maximum absolute atomic E-state index is 13.8. The van der Waals surface area contributed by atoms with E-state index in [1.807, 2.05) is 41.3 Å². The average molecular weight is 498 g/mol. The van der Waals surface area contributed by atoms with Crippen molar-refractivity contribution < 1.29 is 23.8 Å². The number of benzene rings is 3. The number of nitrogens with zero attached hydrogens (tertiary/aromatic N) is 1. The Hall–Kier alpha value is -4.46. The number of carbonyl (C=O) groups excluding carboxylic acids is 2. The van der Waals surface area contributed by atoms with E-state index in [9.17, 15) is 9.59 Å². The van der Waals surface area contributed by atoms with Crippen LogP contribution in [-0.4, -0.2) is 55.8 Å². The topological polar surface area (TPSA) is 92.9 Å². The molecule has 0 unspecified atom stereocenters. The van der Waals surface area contributed by atoms with Crippen molar-refractivity contribution in [3.8, 4) is 11.5 Å². The predicted molar refractivity (Wildman–Crippen MR) is 139 cm³/mol. The van der Waals surface area contributed by atoms with E-state index in [1.54, 1.807) is 38.5 Å². The minimum absolute atomic E-state index is 0.0909. The van der Waals surface area contributed by atoms with Crippen LogP contribution < -0.4 is 14.8 Å². The van der Waals surface area contributed by atoms with E-state index < -0.39 is 17.6 Å². The van der Waals surface area contributed by atoms with E-state index >= 15 is 0 Å². The molecular weight excluding hydrogens is 470 g/mol. The van der Waals surface area contributed by atoms with Crippen molar-refractivity contribution in [1.82, 2.24) is 9.88 Å². The van der Waals surface area contributed by atoms with Crippen LogP contribution in [0.1, 0.15) is 38.4 Å². The predicted octanol–water partition coefficient (Wildman–Crippen LogP) is 4.56. The van der Waals surface area contributed by atoms with E-state index in [0.29, 0.717) is 35.7 Å². The third-order valence-electron chi connectivity index (χ3n) is 7.66. The molecule has 1 saturated heterocycles. The van der Waals surface area contributed by atoms with Crippen LogP contribution in [0.3, 0.4) is 0 Å². The van der Waals surface area contributed by atoms with Gasteiger partial charge in [0.2, 0.25) is 0 Å². The van der Waals surface area contributed by atoms with Gasteiger partial charge < -0.3 is 29.4 Å². The summed E-state index contributed by atoms with van der Waals surface area (Å²) >= 11 is 0. The number of ether oxygens (including phenoxy) is 3. The number of methoxy groups -OCH3 is 3. The first-order chi connectivity index (χ1) is 18.0. The second kappa shape index (κ2) is 8.58. The van der Waals surface area contributed by atoms with Crippen LogP contribution in [0.25, 0.3) is 10.9 Å². The molecule has 2 aliphatic rings. The van der Waals surface area contributed by atoms with Gasteiger partial charge >= 0.3 is 5.97 Å². The number of H-pyrrole nitrogens is 1. The van der Waals surface area contributed by atoms with Crippen molar-refractivity contribution in [1.29, 1.82) is 0 Å². The smallest absolute Gasteiger partial charge is 0.354 e. The summed E-state index contributed by atoms with van der Waals surface area (Å²) in [6.07, 6.45) is 0.214. The Morgan fingerprint density at radius 2 is 1.68 bits per heavy atom. The van der Waals surface area contributed by atoms with Crippen LogP contribution in [0.4, 0.5) is 5.69 Å². The van der Waals surface area contributed by atoms with Crippen molar-refractivity contribution in [2.45, 2.75) is 18.0 Å². The fourth-order valence-corrected chi connectivity index (χ4v) is 5.99. The minimum Gasteiger partial charge on any atom is -0.497 e. The third kappa shape index (κ3) is 3.28. The highest BCUT2D eigenvalue weighted by Crippen LogP contribution is 2.55. The monoisotopic (exact) mass is 497 g/mol. The third-order valence-corrected chi connectivity index (χ3v) is 7.66. The highest BCUT2D eigenvalue weighted by molar-refractivity contribution is 6.02. The van der Waals surface area contributed by atoms with Crippen LogP contribution in [0.15, 0.2) is 66.7 Å². The Morgan fingerprint density at radius 1 is 0.946 bits per heavy atom. The lowest BCUT2D eigenvalue weighted by atomic mass is 9.72. The molecule has 8 heteroatoms. The minimum atomic E-state index is -0.688. The van der Waals surface area contributed by atoms with Gasteiger partial charge in [0.25, 0.3) is 5.91 Å². The van der Waals surface area contributed by atoms with Crippen LogP contribution in [0.2, 0.25) is 0 Å². The number of rotatable bonds is 5. The molecule has 3 aromatic carbocycles. The summed E-state index contributed by atoms with van der Waals surface area (Å²) in [6, 6.07) is 20.9. The fraction of sp³-hybridized carbons (Fsp3) is 0.241. The molecule has 1 aromatic heterocycles. The maximum atomic E-state index is 13.8. The number of hydrogen-bond donors (Lipinski definition) is 2. The van der Waals surface area contributed by atoms with Crippen molar-refractivity contribution in [2.75, 3.05) is 33.2 Å². The number of amides is 1. The van der Waals surface area contributed by atoms with E-state index in [-0.39, 0.29) is 5.91 Å². The molecule has 2 aliphatic heterocycles. The molecule has 3 heterocycles. The quantitative estimate of drug-likeness (QED) is 0.393. The molecule has 2 N–H and O–H groups in total. The fourth-order valence-electron chi connectivity index (χ4n) is 5.99. The Kier molecular flexibility index (Phi) is 5.33. The molecule has 1 fully saturated rings. The second-order valence-electron chi connectivity index (χ2n) is 9.32. The number of likely N-dealkylation sites (tertiary alicyclic amines) is 1. The Labute approximate surface area is 214 Å². The van der Waals surface area contributed by atoms with Gasteiger partial charge in [0.15, 0.2) is 0 Å². The van der Waals surface area contributed by atoms with Crippen molar-refractivity contribution >= 4 is 28.5 Å². The number of aromatic amines is 1. The average Bonchev–Trinajstić information content (AvgIpc) is 3.60. The summed E-state index contributed by atoms with van der Waals surface area (Å²) in [4.78, 5) is 32.1. The molecule has 6 rings (SSSR count). The van der Waals surface area contributed by atoms with Gasteiger partial charge in [-0.05, 0) is 60.5 Å². The number of nitrogens with one attached hydrogen (secondary N) is 2. The number of hydrogen-bond acceptors (Lipinski definition) is 6. The number of fused-ring (bicyclic) bond motifs is 4. The van der Waals surface area contributed by atoms with Crippen LogP contribution >= 0.6 is 0 Å². The first-order valence-corrected chi connectivity index (χ1v) is 12.1. The van der Waals surface area contributed by atoms with Gasteiger partial charge in [-0.15, -0.1) is 0 Å². The van der Waals surface area contributed by atoms with Crippen molar-refractivity contribution in [2.24, 2.45) is 0 Å². The number of anilines is 1. The lowest BCUT2D eigenvalue weighted by Gasteiger charge is -2.33. The van der Waals surface area contributed by atoms with Gasteiger partial charge in [-0.3, -0.25) is 4.79 Å². The zero-order chi connectivity index (χ0) is 25.7. The Morgan fingerprint density at radius 3 is 2.41 bits per heavy atom. The van der Waals surface area contributed by atoms with Gasteiger partial charge in [0, 0.05) is 34.3 Å². The second-order valence-corrected chi connectivity index (χ2v) is 9.32. The summed E-state index contributed by atoms with van der Waals surface area (Å²) in [5, 5.41) is 4.47. The van der Waals surface area contributed by atoms with Gasteiger partial charge in [-0.2, -0.15) is 0 Å². The molecule has 0 bridgehead atoms. The van der Waals surface area contributed by atoms with E-state index in [4.69, 9.17) is 14.2 Å². The molecule has 0 spiro atoms. The number of para-hydroxylation sites is 1. The Bertz CT molecular complexity index is 1530. The summed E-state index contributed by atoms with van der Waals surface area (Å²) < 4.78 is 16.0. The van der Waals surface area contributed by atoms with E-state index in [1.165, 1.54) is 7.11 Å². The van der Waals surface area contributed by atoms with Crippen molar-refractivity contribution in [3.63, 3.8) is 0 Å². The maximum Gasteiger partial charge on any atom is 0.354 e. The summed E-state index contributed by atoms with van der Waals surface area (Å²) in [6.45, 7) is 0.508. The summed E-state index contributed by atoms with van der Waals surface area (Å²) in [5.74, 6) is 0.823. The van der Waals surface area contributed by atoms with Crippen molar-refractivity contribution in [3.05, 3.63) is 89.1 Å².